The van der Waals surface area contributed by atoms with Crippen LogP contribution in [0.15, 0.2) is 0 Å². The second kappa shape index (κ2) is 4.33. The molecule has 2 aliphatic heterocycles. The van der Waals surface area contributed by atoms with Crippen LogP contribution in [-0.2, 0) is 0 Å². The average Bonchev–Trinajstić information content (AvgIpc) is 3.43. The Hall–Kier alpha value is 0.700. The van der Waals surface area contributed by atoms with Gasteiger partial charge in [0.05, 0.1) is 0 Å². The Labute approximate surface area is 150 Å². The van der Waals surface area contributed by atoms with Crippen molar-refractivity contribution in [1.29, 1.82) is 0 Å². The Kier molecular flexibility index (Phi) is 2.79. The normalized spacial score (nSPS) is 66.0. The number of hydrogen-bond acceptors (Lipinski definition) is 2. The molecular formula is C21H32S2. The lowest BCUT2D eigenvalue weighted by molar-refractivity contribution is -0.107. The minimum Gasteiger partial charge on any atom is -0.153 e. The van der Waals surface area contributed by atoms with Gasteiger partial charge in [-0.05, 0) is 92.3 Å². The summed E-state index contributed by atoms with van der Waals surface area (Å²) in [6.45, 7) is 5.46. The predicted molar refractivity (Wildman–Crippen MR) is 102 cm³/mol. The van der Waals surface area contributed by atoms with E-state index < -0.39 is 0 Å². The number of thioether (sulfide) groups is 2. The number of fused-ring (bicyclic) bond motifs is 6. The van der Waals surface area contributed by atoms with Crippen molar-refractivity contribution in [2.24, 2.45) is 34.5 Å². The van der Waals surface area contributed by atoms with Gasteiger partial charge in [0, 0.05) is 21.0 Å². The molecular weight excluding hydrogens is 316 g/mol. The number of hydrogen-bond donors (Lipinski definition) is 0. The number of rotatable bonds is 0. The van der Waals surface area contributed by atoms with E-state index in [9.17, 15) is 0 Å². The van der Waals surface area contributed by atoms with Gasteiger partial charge in [-0.15, -0.1) is 0 Å². The molecule has 0 amide bonds. The molecule has 8 atom stereocenters. The highest BCUT2D eigenvalue weighted by atomic mass is 32.2. The highest BCUT2D eigenvalue weighted by Crippen LogP contribution is 2.76. The van der Waals surface area contributed by atoms with Gasteiger partial charge in [0.25, 0.3) is 0 Å². The molecule has 128 valence electrons. The molecule has 0 bridgehead atoms. The maximum Gasteiger partial charge on any atom is 0.0307 e. The minimum atomic E-state index is 0.713. The zero-order valence-corrected chi connectivity index (χ0v) is 16.5. The molecule has 6 fully saturated rings. The van der Waals surface area contributed by atoms with E-state index in [0.29, 0.717) is 10.8 Å². The van der Waals surface area contributed by atoms with E-state index in [1.54, 1.807) is 57.8 Å². The molecule has 6 aliphatic rings. The first-order valence-corrected chi connectivity index (χ1v) is 12.3. The van der Waals surface area contributed by atoms with E-state index in [2.05, 4.69) is 37.4 Å². The molecule has 4 aliphatic carbocycles. The summed E-state index contributed by atoms with van der Waals surface area (Å²) in [5.74, 6) is 7.32. The summed E-state index contributed by atoms with van der Waals surface area (Å²) in [6.07, 6.45) is 14.1. The van der Waals surface area contributed by atoms with Gasteiger partial charge in [0.1, 0.15) is 0 Å². The van der Waals surface area contributed by atoms with Gasteiger partial charge in [-0.3, -0.25) is 0 Å². The maximum absolute atomic E-state index is 2.74. The molecule has 2 saturated heterocycles. The van der Waals surface area contributed by atoms with Gasteiger partial charge >= 0.3 is 0 Å². The van der Waals surface area contributed by atoms with E-state index >= 15 is 0 Å². The van der Waals surface area contributed by atoms with Gasteiger partial charge in [0.2, 0.25) is 0 Å². The summed E-state index contributed by atoms with van der Waals surface area (Å²) in [7, 11) is 0. The molecule has 4 saturated carbocycles. The minimum absolute atomic E-state index is 0.713. The van der Waals surface area contributed by atoms with Crippen molar-refractivity contribution in [3.05, 3.63) is 0 Å². The van der Waals surface area contributed by atoms with Gasteiger partial charge in [0.15, 0.2) is 0 Å². The second-order valence-corrected chi connectivity index (χ2v) is 13.4. The van der Waals surface area contributed by atoms with Crippen molar-refractivity contribution in [2.45, 2.75) is 81.1 Å². The topological polar surface area (TPSA) is 0 Å². The fraction of sp³-hybridized carbons (Fsp3) is 1.00. The third-order valence-electron chi connectivity index (χ3n) is 10.1. The first-order valence-electron chi connectivity index (χ1n) is 10.3. The molecule has 0 aromatic rings. The van der Waals surface area contributed by atoms with E-state index in [1.807, 2.05) is 0 Å². The Bertz CT molecular complexity index is 548. The van der Waals surface area contributed by atoms with Crippen molar-refractivity contribution >= 4 is 23.5 Å². The summed E-state index contributed by atoms with van der Waals surface area (Å²) in [6, 6.07) is 0. The third-order valence-corrected chi connectivity index (χ3v) is 13.3. The maximum atomic E-state index is 2.74. The summed E-state index contributed by atoms with van der Waals surface area (Å²) in [5, 5.41) is 0. The first-order chi connectivity index (χ1) is 11.0. The lowest BCUT2D eigenvalue weighted by atomic mass is 9.44. The summed E-state index contributed by atoms with van der Waals surface area (Å²) >= 11 is 4.62. The predicted octanol–water partition coefficient (Wildman–Crippen LogP) is 6.00. The first kappa shape index (κ1) is 14.8. The molecule has 4 unspecified atom stereocenters. The molecule has 23 heavy (non-hydrogen) atoms. The van der Waals surface area contributed by atoms with E-state index in [4.69, 9.17) is 0 Å². The van der Waals surface area contributed by atoms with Crippen LogP contribution in [0.5, 0.6) is 0 Å². The fourth-order valence-electron chi connectivity index (χ4n) is 8.33. The Morgan fingerprint density at radius 1 is 0.783 bits per heavy atom. The van der Waals surface area contributed by atoms with Gasteiger partial charge in [-0.2, -0.15) is 23.5 Å². The van der Waals surface area contributed by atoms with Crippen LogP contribution in [0.2, 0.25) is 0 Å². The largest absolute Gasteiger partial charge is 0.153 e. The Balaban J connectivity index is 1.32. The van der Waals surface area contributed by atoms with Gasteiger partial charge in [-0.25, -0.2) is 0 Å². The SMILES string of the molecule is C[C@@]12CC[C@]3(CS3)CC1CCC1C2CC[C@]2(C)C1CC[C@@]21CS1. The summed E-state index contributed by atoms with van der Waals surface area (Å²) in [4.78, 5) is 0. The van der Waals surface area contributed by atoms with Gasteiger partial charge < -0.3 is 0 Å². The standard InChI is InChI=1S/C21H32S2/c1-18-9-10-20(12-22-20)11-14(18)3-4-15-16(18)5-7-19(2)17(15)6-8-21(19)13-23-21/h14-17H,3-13H2,1-2H3/t14?,15?,16?,17?,18-,19-,20-,21-/m1/s1. The molecule has 2 heteroatoms. The van der Waals surface area contributed by atoms with Crippen molar-refractivity contribution < 1.29 is 0 Å². The zero-order valence-electron chi connectivity index (χ0n) is 14.9. The third kappa shape index (κ3) is 1.74. The van der Waals surface area contributed by atoms with Crippen LogP contribution in [-0.4, -0.2) is 21.0 Å². The van der Waals surface area contributed by atoms with Crippen LogP contribution in [0, 0.1) is 34.5 Å². The smallest absolute Gasteiger partial charge is 0.0307 e. The molecule has 0 radical (unpaired) electrons. The van der Waals surface area contributed by atoms with Gasteiger partial charge in [-0.1, -0.05) is 13.8 Å². The molecule has 6 rings (SSSR count). The molecule has 0 N–H and O–H groups in total. The summed E-state index contributed by atoms with van der Waals surface area (Å²) < 4.78 is 1.53. The average molecular weight is 349 g/mol. The van der Waals surface area contributed by atoms with Crippen LogP contribution >= 0.6 is 23.5 Å². The van der Waals surface area contributed by atoms with Crippen molar-refractivity contribution in [2.75, 3.05) is 11.5 Å². The zero-order chi connectivity index (χ0) is 15.5. The van der Waals surface area contributed by atoms with Crippen molar-refractivity contribution in [3.8, 4) is 0 Å². The summed E-state index contributed by atoms with van der Waals surface area (Å²) in [5.41, 5.74) is 1.43. The monoisotopic (exact) mass is 348 g/mol. The highest BCUT2D eigenvalue weighted by molar-refractivity contribution is 8.08. The molecule has 2 heterocycles. The van der Waals surface area contributed by atoms with E-state index in [0.717, 1.165) is 33.2 Å². The van der Waals surface area contributed by atoms with E-state index in [1.165, 1.54) is 11.5 Å². The van der Waals surface area contributed by atoms with Crippen LogP contribution in [0.4, 0.5) is 0 Å². The lowest BCUT2D eigenvalue weighted by Gasteiger charge is -2.61. The second-order valence-electron chi connectivity index (χ2n) is 10.6. The molecule has 0 aromatic carbocycles. The quantitative estimate of drug-likeness (QED) is 0.492. The highest BCUT2D eigenvalue weighted by Gasteiger charge is 2.69. The molecule has 0 nitrogen and oxygen atoms in total. The Morgan fingerprint density at radius 2 is 1.57 bits per heavy atom. The van der Waals surface area contributed by atoms with Crippen molar-refractivity contribution in [3.63, 3.8) is 0 Å². The molecule has 0 aromatic heterocycles. The Morgan fingerprint density at radius 3 is 2.30 bits per heavy atom. The molecule has 2 spiro atoms. The van der Waals surface area contributed by atoms with Crippen molar-refractivity contribution in [1.82, 2.24) is 0 Å². The van der Waals surface area contributed by atoms with Crippen LogP contribution in [0.25, 0.3) is 0 Å². The van der Waals surface area contributed by atoms with Crippen LogP contribution < -0.4 is 0 Å². The fourth-order valence-corrected chi connectivity index (χ4v) is 10.9. The van der Waals surface area contributed by atoms with Crippen LogP contribution in [0.1, 0.15) is 71.6 Å². The van der Waals surface area contributed by atoms with E-state index in [-0.39, 0.29) is 0 Å². The lowest BCUT2D eigenvalue weighted by Crippen LogP contribution is -2.55. The van der Waals surface area contributed by atoms with Crippen LogP contribution in [0.3, 0.4) is 0 Å².